The molecule has 0 saturated heterocycles. The first kappa shape index (κ1) is 80.0. The highest BCUT2D eigenvalue weighted by Gasteiger charge is 2.06. The zero-order chi connectivity index (χ0) is 62.0. The number of nitrogens with zero attached hydrogens (tertiary/aromatic N) is 7. The van der Waals surface area contributed by atoms with Gasteiger partial charge in [-0.15, -0.1) is 42.8 Å². The van der Waals surface area contributed by atoms with E-state index in [0.717, 1.165) is 48.8 Å². The normalized spacial score (nSPS) is 8.86. The van der Waals surface area contributed by atoms with E-state index < -0.39 is 37.8 Å². The Balaban J connectivity index is -0.000000462. The molecule has 0 aliphatic rings. The lowest BCUT2D eigenvalue weighted by molar-refractivity contribution is -0.137. The molecule has 0 amide bonds. The lowest BCUT2D eigenvalue weighted by Crippen LogP contribution is -2.27. The summed E-state index contributed by atoms with van der Waals surface area (Å²) in [5, 5.41) is 24.8. The van der Waals surface area contributed by atoms with Crippen LogP contribution in [-0.4, -0.2) is 126 Å². The summed E-state index contributed by atoms with van der Waals surface area (Å²) in [6.07, 6.45) is 4.41. The third-order valence-corrected chi connectivity index (χ3v) is 9.35. The largest absolute Gasteiger partial charge is 0.476 e. The van der Waals surface area contributed by atoms with E-state index >= 15 is 0 Å². The van der Waals surface area contributed by atoms with Gasteiger partial charge >= 0.3 is 43.5 Å². The molecule has 24 nitrogen and oxygen atoms in total. The lowest BCUT2D eigenvalue weighted by Gasteiger charge is -2.22. The number of carbonyl (C=O) groups is 1. The number of para-hydroxylation sites is 4. The predicted molar refractivity (Wildman–Crippen MR) is 322 cm³/mol. The minimum absolute atomic E-state index is 0. The molecule has 83 heavy (non-hydrogen) atoms. The number of aliphatic hydroxyl groups is 1. The zero-order valence-electron chi connectivity index (χ0n) is 45.5. The smallest absolute Gasteiger partial charge is 0.425 e. The van der Waals surface area contributed by atoms with Crippen LogP contribution in [0.25, 0.3) is 4.98 Å². The van der Waals surface area contributed by atoms with Crippen molar-refractivity contribution in [3.8, 4) is 0 Å². The molecule has 4 N–H and O–H groups in total. The molecule has 0 unspecified atom stereocenters. The second-order valence-electron chi connectivity index (χ2n) is 14.6. The number of ether oxygens (including phenoxy) is 3. The maximum Gasteiger partial charge on any atom is 0.425 e. The van der Waals surface area contributed by atoms with Crippen molar-refractivity contribution in [2.45, 2.75) is 28.2 Å². The number of esters is 1. The monoisotopic (exact) mass is 1210 g/mol. The van der Waals surface area contributed by atoms with Gasteiger partial charge in [0.2, 0.25) is 5.39 Å². The van der Waals surface area contributed by atoms with Crippen molar-refractivity contribution in [3.63, 3.8) is 0 Å². The number of carbonyl (C=O) groups excluding carboxylic acids is 1. The van der Waals surface area contributed by atoms with Gasteiger partial charge in [0.1, 0.15) is 6.61 Å². The SMILES string of the molecule is C.C=CC(=O)OCCN(CC)c1ccc(C=Nc2ccccc2)cc1.C=COCOCCN(CC)c1ccccc1.CCN(CCO)c1ccccc1.N#[N+]c1ccccc1.Nc1ccccc1.O=NO.O=S(=O)=O.O=S(=O)=O.O=S(=O)=O. The van der Waals surface area contributed by atoms with E-state index in [1.807, 2.05) is 146 Å². The van der Waals surface area contributed by atoms with Gasteiger partial charge in [0, 0.05) is 79.9 Å². The third-order valence-electron chi connectivity index (χ3n) is 9.35. The van der Waals surface area contributed by atoms with Crippen LogP contribution in [0.5, 0.6) is 0 Å². The van der Waals surface area contributed by atoms with Crippen molar-refractivity contribution in [2.75, 3.05) is 86.3 Å². The first-order valence-corrected chi connectivity index (χ1v) is 27.1. The zero-order valence-corrected chi connectivity index (χ0v) is 48.0. The third kappa shape index (κ3) is 51.7. The first-order chi connectivity index (χ1) is 39.4. The Morgan fingerprint density at radius 1 is 0.602 bits per heavy atom. The fraction of sp³-hybridized carbons (Fsp3) is 0.250. The number of nitrogens with two attached hydrogens (primary N) is 1. The minimum atomic E-state index is -3.11. The highest BCUT2D eigenvalue weighted by Crippen LogP contribution is 2.17. The topological polar surface area (TPSA) is 345 Å². The van der Waals surface area contributed by atoms with Gasteiger partial charge in [0.15, 0.2) is 17.1 Å². The number of hydrogen-bond donors (Lipinski definition) is 3. The molecule has 0 saturated carbocycles. The summed E-state index contributed by atoms with van der Waals surface area (Å²) >= 11 is 0. The van der Waals surface area contributed by atoms with Crippen molar-refractivity contribution in [3.05, 3.63) is 217 Å². The van der Waals surface area contributed by atoms with Crippen molar-refractivity contribution in [1.82, 2.24) is 0 Å². The minimum Gasteiger partial charge on any atom is -0.476 e. The highest BCUT2D eigenvalue weighted by molar-refractivity contribution is 7.59. The Hall–Kier alpha value is -9.46. The van der Waals surface area contributed by atoms with Crippen LogP contribution in [0.3, 0.4) is 0 Å². The van der Waals surface area contributed by atoms with Crippen LogP contribution in [0.15, 0.2) is 212 Å². The van der Waals surface area contributed by atoms with E-state index in [-0.39, 0.29) is 20.8 Å². The van der Waals surface area contributed by atoms with E-state index in [9.17, 15) is 4.79 Å². The van der Waals surface area contributed by atoms with Gasteiger partial charge in [0.25, 0.3) is 0 Å². The molecule has 0 heterocycles. The summed E-state index contributed by atoms with van der Waals surface area (Å²) in [5.41, 5.74) is 12.2. The fourth-order valence-corrected chi connectivity index (χ4v) is 5.83. The van der Waals surface area contributed by atoms with Crippen LogP contribution in [0, 0.1) is 10.3 Å². The molecule has 450 valence electrons. The van der Waals surface area contributed by atoms with E-state index in [0.29, 0.717) is 32.0 Å². The molecule has 0 aromatic heterocycles. The van der Waals surface area contributed by atoms with Crippen LogP contribution >= 0.6 is 0 Å². The second-order valence-corrected chi connectivity index (χ2v) is 15.8. The Morgan fingerprint density at radius 2 is 0.964 bits per heavy atom. The number of rotatable bonds is 20. The van der Waals surface area contributed by atoms with Gasteiger partial charge in [-0.1, -0.05) is 124 Å². The highest BCUT2D eigenvalue weighted by atomic mass is 32.2. The van der Waals surface area contributed by atoms with E-state index in [1.54, 1.807) is 12.1 Å². The molecule has 0 bridgehead atoms. The molecule has 6 aromatic carbocycles. The summed E-state index contributed by atoms with van der Waals surface area (Å²) in [6, 6.07) is 56.8. The van der Waals surface area contributed by atoms with Crippen molar-refractivity contribution >= 4 is 78.1 Å². The number of aliphatic hydroxyl groups excluding tert-OH is 1. The molecule has 0 aliphatic carbocycles. The van der Waals surface area contributed by atoms with Crippen LogP contribution in [0.1, 0.15) is 33.8 Å². The molecule has 0 radical (unpaired) electrons. The summed E-state index contributed by atoms with van der Waals surface area (Å²) in [6.45, 7) is 19.6. The molecule has 6 rings (SSSR count). The Bertz CT molecular complexity index is 2910. The predicted octanol–water partition coefficient (Wildman–Crippen LogP) is 9.35. The summed E-state index contributed by atoms with van der Waals surface area (Å²) in [5.74, 6) is -0.390. The Kier molecular flexibility index (Phi) is 55.2. The summed E-state index contributed by atoms with van der Waals surface area (Å²) in [4.78, 5) is 33.1. The van der Waals surface area contributed by atoms with Gasteiger partial charge in [-0.2, -0.15) is 0 Å². The number of anilines is 4. The maximum absolute atomic E-state index is 11.1. The van der Waals surface area contributed by atoms with Gasteiger partial charge in [-0.05, 0) is 87.0 Å². The standard InChI is InChI=1S/C20H22N2O2.C13H19NO2.C10H15NO.C6H5N2.C6H7N.CH4.HNO2.3O3S/c1-3-20(23)24-15-14-22(4-2)19-12-10-17(11-13-19)16-21-18-8-6-5-7-9-18;1-3-14(10-11-16-12-15-4-2)13-8-6-5-7-9-13;1-2-11(8-9-12)10-6-4-3-5-7-10;7-8-6-4-2-1-3-5-6;7-6-4-2-1-3-5-6;;2-1-3;3*1-4(2)3/h3,5-13,16H,1,4,14-15H2,2H3;4-9H,2-3,10-12H2,1H3;3-7,12H,2,8-9H2,1H3;1-5H;1-5H,7H2;1H4;(H,2,3);;;/q;;;+1;;;;;;. The number of hydrogen-bond acceptors (Lipinski definition) is 22. The van der Waals surface area contributed by atoms with Crippen LogP contribution in [-0.2, 0) is 50.8 Å². The number of benzene rings is 6. The van der Waals surface area contributed by atoms with Crippen molar-refractivity contribution < 1.29 is 67.2 Å². The molecule has 0 atom stereocenters. The quantitative estimate of drug-likeness (QED) is 0.00612. The number of aliphatic imine (C=N–C) groups is 1. The number of diazo groups is 1. The lowest BCUT2D eigenvalue weighted by atomic mass is 10.2. The second kappa shape index (κ2) is 57.2. The summed E-state index contributed by atoms with van der Waals surface area (Å²) < 4.78 is 91.2. The molecular formula is C56H73N8O16S3+. The average molecular weight is 1210 g/mol. The summed E-state index contributed by atoms with van der Waals surface area (Å²) in [7, 11) is -9.33. The molecule has 27 heteroatoms. The van der Waals surface area contributed by atoms with E-state index in [1.165, 1.54) is 29.1 Å². The Morgan fingerprint density at radius 3 is 1.30 bits per heavy atom. The van der Waals surface area contributed by atoms with Gasteiger partial charge < -0.3 is 45.0 Å². The average Bonchev–Trinajstić information content (AvgIpc) is 3.51. The van der Waals surface area contributed by atoms with E-state index in [2.05, 4.69) is 82.9 Å². The van der Waals surface area contributed by atoms with Crippen LogP contribution in [0.4, 0.5) is 34.1 Å². The molecule has 0 aliphatic heterocycles. The maximum atomic E-state index is 11.1. The number of nitrogen functional groups attached to an aromatic ring is 1. The molecule has 0 fully saturated rings. The van der Waals surface area contributed by atoms with Crippen LogP contribution < -0.4 is 20.4 Å². The Labute approximate surface area is 490 Å². The molecule has 0 spiro atoms. The molecule has 6 aromatic rings. The van der Waals surface area contributed by atoms with Gasteiger partial charge in [0.05, 0.1) is 31.7 Å². The van der Waals surface area contributed by atoms with Gasteiger partial charge in [-0.25, -0.2) is 4.79 Å². The van der Waals surface area contributed by atoms with E-state index in [4.69, 9.17) is 78.4 Å². The van der Waals surface area contributed by atoms with Crippen LogP contribution in [0.2, 0.25) is 0 Å². The molecular weight excluding hydrogens is 1140 g/mol. The van der Waals surface area contributed by atoms with Gasteiger partial charge in [-0.3, -0.25) is 4.99 Å². The first-order valence-electron chi connectivity index (χ1n) is 24.1. The number of likely N-dealkylation sites (N-methyl/N-ethyl adjacent to an activating group) is 3. The van der Waals surface area contributed by atoms with Crippen molar-refractivity contribution in [1.29, 1.82) is 5.39 Å². The fourth-order valence-electron chi connectivity index (χ4n) is 5.83. The van der Waals surface area contributed by atoms with Crippen molar-refractivity contribution in [2.24, 2.45) is 10.3 Å².